The van der Waals surface area contributed by atoms with Crippen LogP contribution in [-0.4, -0.2) is 20.1 Å². The molecule has 0 saturated carbocycles. The van der Waals surface area contributed by atoms with Crippen LogP contribution in [0.4, 0.5) is 5.69 Å². The first-order valence-electron chi connectivity index (χ1n) is 5.01. The molecule has 0 bridgehead atoms. The van der Waals surface area contributed by atoms with Gasteiger partial charge in [-0.2, -0.15) is 0 Å². The number of hydrogen-bond acceptors (Lipinski definition) is 2. The summed E-state index contributed by atoms with van der Waals surface area (Å²) in [5.41, 5.74) is 0.943. The third kappa shape index (κ3) is 1.27. The molecule has 0 spiro atoms. The van der Waals surface area contributed by atoms with Crippen LogP contribution in [0, 0.1) is 0 Å². The Balaban J connectivity index is 2.07. The SMILES string of the molecule is [B]N1c2ccccc2OC2C=CC=CC21. The van der Waals surface area contributed by atoms with Gasteiger partial charge in [0.05, 0.1) is 11.7 Å². The second-order valence-electron chi connectivity index (χ2n) is 3.72. The van der Waals surface area contributed by atoms with Gasteiger partial charge in [-0.25, -0.2) is 0 Å². The Kier molecular flexibility index (Phi) is 1.84. The number of hydrogen-bond donors (Lipinski definition) is 0. The van der Waals surface area contributed by atoms with Crippen LogP contribution in [0.3, 0.4) is 0 Å². The monoisotopic (exact) mass is 195 g/mol. The van der Waals surface area contributed by atoms with E-state index in [9.17, 15) is 0 Å². The Hall–Kier alpha value is -1.64. The van der Waals surface area contributed by atoms with Gasteiger partial charge in [0.15, 0.2) is 0 Å². The van der Waals surface area contributed by atoms with E-state index in [4.69, 9.17) is 12.7 Å². The molecule has 1 aromatic rings. The third-order valence-electron chi connectivity index (χ3n) is 2.78. The second-order valence-corrected chi connectivity index (χ2v) is 3.72. The highest BCUT2D eigenvalue weighted by molar-refractivity contribution is 6.19. The van der Waals surface area contributed by atoms with Gasteiger partial charge >= 0.3 is 0 Å². The largest absolute Gasteiger partial charge is 0.482 e. The zero-order valence-corrected chi connectivity index (χ0v) is 8.21. The maximum atomic E-state index is 6.07. The van der Waals surface area contributed by atoms with Crippen LogP contribution in [0.5, 0.6) is 5.75 Å². The molecule has 1 aromatic carbocycles. The van der Waals surface area contributed by atoms with Crippen molar-refractivity contribution in [2.45, 2.75) is 12.1 Å². The Morgan fingerprint density at radius 3 is 2.87 bits per heavy atom. The Morgan fingerprint density at radius 1 is 1.13 bits per heavy atom. The van der Waals surface area contributed by atoms with Crippen LogP contribution >= 0.6 is 0 Å². The van der Waals surface area contributed by atoms with E-state index >= 15 is 0 Å². The summed E-state index contributed by atoms with van der Waals surface area (Å²) in [6.45, 7) is 0. The molecule has 72 valence electrons. The van der Waals surface area contributed by atoms with Gasteiger partial charge in [0, 0.05) is 0 Å². The molecular formula is C12H10BNO. The second kappa shape index (κ2) is 3.19. The number of rotatable bonds is 0. The van der Waals surface area contributed by atoms with Crippen molar-refractivity contribution in [2.24, 2.45) is 0 Å². The molecule has 0 N–H and O–H groups in total. The predicted molar refractivity (Wildman–Crippen MR) is 61.2 cm³/mol. The molecule has 1 aliphatic carbocycles. The fourth-order valence-electron chi connectivity index (χ4n) is 2.01. The van der Waals surface area contributed by atoms with Gasteiger partial charge in [-0.05, 0) is 18.2 Å². The van der Waals surface area contributed by atoms with E-state index in [2.05, 4.69) is 6.08 Å². The van der Waals surface area contributed by atoms with Crippen LogP contribution in [-0.2, 0) is 0 Å². The van der Waals surface area contributed by atoms with Gasteiger partial charge < -0.3 is 9.55 Å². The molecule has 2 unspecified atom stereocenters. The van der Waals surface area contributed by atoms with E-state index in [1.54, 1.807) is 4.81 Å². The molecule has 0 fully saturated rings. The van der Waals surface area contributed by atoms with Crippen molar-refractivity contribution in [3.63, 3.8) is 0 Å². The summed E-state index contributed by atoms with van der Waals surface area (Å²) in [5.74, 6) is 0.848. The summed E-state index contributed by atoms with van der Waals surface area (Å²) >= 11 is 0. The zero-order chi connectivity index (χ0) is 10.3. The number of fused-ring (bicyclic) bond motifs is 2. The minimum Gasteiger partial charge on any atom is -0.482 e. The fourth-order valence-corrected chi connectivity index (χ4v) is 2.01. The summed E-state index contributed by atoms with van der Waals surface area (Å²) in [4.78, 5) is 1.77. The number of ether oxygens (including phenoxy) is 1. The molecule has 0 saturated heterocycles. The normalized spacial score (nSPS) is 26.8. The van der Waals surface area contributed by atoms with Crippen molar-refractivity contribution in [1.82, 2.24) is 0 Å². The number of nitrogens with zero attached hydrogens (tertiary/aromatic N) is 1. The molecule has 2 atom stereocenters. The van der Waals surface area contributed by atoms with Crippen molar-refractivity contribution < 1.29 is 4.74 Å². The number of benzene rings is 1. The molecule has 1 heterocycles. The average molecular weight is 195 g/mol. The van der Waals surface area contributed by atoms with Crippen LogP contribution < -0.4 is 9.55 Å². The van der Waals surface area contributed by atoms with Crippen molar-refractivity contribution >= 4 is 13.7 Å². The topological polar surface area (TPSA) is 12.5 Å². The smallest absolute Gasteiger partial charge is 0.227 e. The van der Waals surface area contributed by atoms with Crippen molar-refractivity contribution in [3.05, 3.63) is 48.6 Å². The molecule has 0 aromatic heterocycles. The molecule has 3 heteroatoms. The highest BCUT2D eigenvalue weighted by Gasteiger charge is 2.30. The highest BCUT2D eigenvalue weighted by Crippen LogP contribution is 2.36. The molecular weight excluding hydrogens is 185 g/mol. The van der Waals surface area contributed by atoms with Crippen LogP contribution in [0.1, 0.15) is 0 Å². The quantitative estimate of drug-likeness (QED) is 0.585. The number of anilines is 1. The lowest BCUT2D eigenvalue weighted by atomic mass is 9.97. The Morgan fingerprint density at radius 2 is 1.93 bits per heavy atom. The van der Waals surface area contributed by atoms with Crippen LogP contribution in [0.15, 0.2) is 48.6 Å². The molecule has 2 radical (unpaired) electrons. The fraction of sp³-hybridized carbons (Fsp3) is 0.167. The van der Waals surface area contributed by atoms with E-state index in [0.29, 0.717) is 0 Å². The lowest BCUT2D eigenvalue weighted by Crippen LogP contribution is -2.47. The third-order valence-corrected chi connectivity index (χ3v) is 2.78. The van der Waals surface area contributed by atoms with E-state index in [1.165, 1.54) is 0 Å². The van der Waals surface area contributed by atoms with Gasteiger partial charge in [0.2, 0.25) is 7.98 Å². The van der Waals surface area contributed by atoms with E-state index < -0.39 is 0 Å². The molecule has 2 nitrogen and oxygen atoms in total. The van der Waals surface area contributed by atoms with Gasteiger partial charge in [-0.3, -0.25) is 0 Å². The molecule has 3 rings (SSSR count). The maximum Gasteiger partial charge on any atom is 0.227 e. The maximum absolute atomic E-state index is 6.07. The minimum atomic E-state index is 0.0231. The van der Waals surface area contributed by atoms with E-state index in [0.717, 1.165) is 11.4 Å². The van der Waals surface area contributed by atoms with Gasteiger partial charge in [0.25, 0.3) is 0 Å². The summed E-state index contributed by atoms with van der Waals surface area (Å²) in [6, 6.07) is 7.93. The van der Waals surface area contributed by atoms with Crippen LogP contribution in [0.25, 0.3) is 0 Å². The predicted octanol–water partition coefficient (Wildman–Crippen LogP) is 1.83. The standard InChI is InChI=1S/C12H10BNO/c13-14-9-5-1-3-7-11(9)15-12-8-4-2-6-10(12)14/h1-9,11H. The number of allylic oxidation sites excluding steroid dienone is 2. The van der Waals surface area contributed by atoms with Gasteiger partial charge in [-0.1, -0.05) is 30.4 Å². The average Bonchev–Trinajstić information content (AvgIpc) is 2.30. The first kappa shape index (κ1) is 8.66. The summed E-state index contributed by atoms with van der Waals surface area (Å²) in [6.07, 6.45) is 8.09. The van der Waals surface area contributed by atoms with Gasteiger partial charge in [0.1, 0.15) is 11.9 Å². The van der Waals surface area contributed by atoms with Gasteiger partial charge in [-0.15, -0.1) is 0 Å². The first-order valence-corrected chi connectivity index (χ1v) is 5.01. The van der Waals surface area contributed by atoms with E-state index in [-0.39, 0.29) is 12.1 Å². The van der Waals surface area contributed by atoms with Crippen LogP contribution in [0.2, 0.25) is 0 Å². The van der Waals surface area contributed by atoms with Crippen molar-refractivity contribution in [1.29, 1.82) is 0 Å². The lowest BCUT2D eigenvalue weighted by molar-refractivity contribution is 0.221. The molecule has 0 amide bonds. The number of para-hydroxylation sites is 2. The Bertz CT molecular complexity index is 441. The van der Waals surface area contributed by atoms with Crippen molar-refractivity contribution in [3.8, 4) is 5.75 Å². The summed E-state index contributed by atoms with van der Waals surface area (Å²) < 4.78 is 5.85. The minimum absolute atomic E-state index is 0.0231. The molecule has 2 aliphatic rings. The summed E-state index contributed by atoms with van der Waals surface area (Å²) in [5, 5.41) is 0. The van der Waals surface area contributed by atoms with Crippen molar-refractivity contribution in [2.75, 3.05) is 4.81 Å². The van der Waals surface area contributed by atoms with E-state index in [1.807, 2.05) is 42.5 Å². The Labute approximate surface area is 90.3 Å². The molecule has 15 heavy (non-hydrogen) atoms. The zero-order valence-electron chi connectivity index (χ0n) is 8.21. The summed E-state index contributed by atoms with van der Waals surface area (Å²) in [7, 11) is 6.07. The highest BCUT2D eigenvalue weighted by atomic mass is 16.5. The first-order chi connectivity index (χ1) is 7.36. The molecule has 1 aliphatic heterocycles. The lowest BCUT2D eigenvalue weighted by Gasteiger charge is -2.40.